The zero-order valence-corrected chi connectivity index (χ0v) is 20.9. The Labute approximate surface area is 221 Å². The number of carbonyl (C=O) groups is 5. The Morgan fingerprint density at radius 1 is 0.737 bits per heavy atom. The first kappa shape index (κ1) is 26.1. The summed E-state index contributed by atoms with van der Waals surface area (Å²) in [6, 6.07) is 18.1. The van der Waals surface area contributed by atoms with Crippen molar-refractivity contribution in [2.75, 3.05) is 29.8 Å². The smallest absolute Gasteiger partial charge is 0.337 e. The number of methoxy groups -OCH3 is 2. The number of rotatable bonds is 7. The van der Waals surface area contributed by atoms with Crippen LogP contribution in [0, 0.1) is 0 Å². The zero-order valence-electron chi connectivity index (χ0n) is 20.1. The van der Waals surface area contributed by atoms with Gasteiger partial charge in [0.15, 0.2) is 0 Å². The van der Waals surface area contributed by atoms with E-state index in [2.05, 4.69) is 20.1 Å². The largest absolute Gasteiger partial charge is 0.465 e. The second kappa shape index (κ2) is 11.0. The van der Waals surface area contributed by atoms with Crippen molar-refractivity contribution in [1.82, 2.24) is 0 Å². The maximum Gasteiger partial charge on any atom is 0.337 e. The van der Waals surface area contributed by atoms with Crippen LogP contribution in [0.1, 0.15) is 31.1 Å². The number of nitrogens with zero attached hydrogens (tertiary/aromatic N) is 1. The third-order valence-corrected chi connectivity index (χ3v) is 5.88. The van der Waals surface area contributed by atoms with Crippen molar-refractivity contribution in [2.24, 2.45) is 0 Å². The van der Waals surface area contributed by atoms with Crippen molar-refractivity contribution >= 4 is 58.3 Å². The van der Waals surface area contributed by atoms with Crippen molar-refractivity contribution in [3.8, 4) is 0 Å². The first-order chi connectivity index (χ1) is 18.2. The average Bonchev–Trinajstić information content (AvgIpc) is 3.15. The maximum atomic E-state index is 13.1. The van der Waals surface area contributed by atoms with E-state index >= 15 is 0 Å². The fourth-order valence-electron chi connectivity index (χ4n) is 3.60. The van der Waals surface area contributed by atoms with Gasteiger partial charge in [-0.25, -0.2) is 14.5 Å². The summed E-state index contributed by atoms with van der Waals surface area (Å²) in [5.41, 5.74) is 1.70. The standard InChI is InChI=1S/C27H20ClN3O7/c1-37-26(35)15-6-10-18(11-7-15)30-23(32)17-4-3-5-19(14-17)29-22-21(28)24(33)31(25(22)34)20-12-8-16(9-13-20)27(36)38-2/h3-14,29H,1-2H3,(H,30,32). The number of carbonyl (C=O) groups excluding carboxylic acids is 5. The molecule has 0 saturated carbocycles. The second-order valence-corrected chi connectivity index (χ2v) is 8.28. The van der Waals surface area contributed by atoms with E-state index < -0.39 is 29.7 Å². The summed E-state index contributed by atoms with van der Waals surface area (Å²) < 4.78 is 9.30. The number of imide groups is 1. The van der Waals surface area contributed by atoms with Crippen molar-refractivity contribution in [1.29, 1.82) is 0 Å². The van der Waals surface area contributed by atoms with Gasteiger partial charge in [-0.2, -0.15) is 0 Å². The summed E-state index contributed by atoms with van der Waals surface area (Å²) in [5, 5.41) is 5.21. The molecule has 2 N–H and O–H groups in total. The fourth-order valence-corrected chi connectivity index (χ4v) is 3.82. The first-order valence-corrected chi connectivity index (χ1v) is 11.4. The molecule has 4 rings (SSSR count). The van der Waals surface area contributed by atoms with Gasteiger partial charge in [-0.1, -0.05) is 17.7 Å². The Morgan fingerprint density at radius 3 is 1.89 bits per heavy atom. The van der Waals surface area contributed by atoms with Gasteiger partial charge in [-0.15, -0.1) is 0 Å². The normalized spacial score (nSPS) is 12.9. The topological polar surface area (TPSA) is 131 Å². The van der Waals surface area contributed by atoms with Crippen LogP contribution in [0.3, 0.4) is 0 Å². The number of anilines is 3. The van der Waals surface area contributed by atoms with Crippen molar-refractivity contribution in [3.63, 3.8) is 0 Å². The van der Waals surface area contributed by atoms with Gasteiger partial charge in [0.2, 0.25) is 0 Å². The van der Waals surface area contributed by atoms with Crippen LogP contribution < -0.4 is 15.5 Å². The molecule has 3 amide bonds. The Bertz CT molecular complexity index is 1480. The van der Waals surface area contributed by atoms with Crippen LogP contribution in [0.4, 0.5) is 17.1 Å². The van der Waals surface area contributed by atoms with E-state index in [0.29, 0.717) is 16.9 Å². The molecule has 0 spiro atoms. The highest BCUT2D eigenvalue weighted by molar-refractivity contribution is 6.53. The predicted molar refractivity (Wildman–Crippen MR) is 139 cm³/mol. The number of ether oxygens (including phenoxy) is 2. The number of halogens is 1. The molecule has 3 aromatic carbocycles. The van der Waals surface area contributed by atoms with Gasteiger partial charge in [0.1, 0.15) is 10.7 Å². The quantitative estimate of drug-likeness (QED) is 0.345. The first-order valence-electron chi connectivity index (χ1n) is 11.1. The van der Waals surface area contributed by atoms with Crippen LogP contribution in [0.15, 0.2) is 83.5 Å². The molecular formula is C27H20ClN3O7. The van der Waals surface area contributed by atoms with Crippen LogP contribution in [-0.2, 0) is 19.1 Å². The zero-order chi connectivity index (χ0) is 27.4. The molecule has 0 unspecified atom stereocenters. The summed E-state index contributed by atoms with van der Waals surface area (Å²) in [6.07, 6.45) is 0. The average molecular weight is 534 g/mol. The molecule has 1 aliphatic rings. The molecule has 0 aliphatic carbocycles. The summed E-state index contributed by atoms with van der Waals surface area (Å²) in [4.78, 5) is 62.7. The third-order valence-electron chi connectivity index (χ3n) is 5.53. The molecule has 0 aromatic heterocycles. The lowest BCUT2D eigenvalue weighted by molar-refractivity contribution is -0.120. The van der Waals surface area contributed by atoms with Crippen LogP contribution in [0.2, 0.25) is 0 Å². The highest BCUT2D eigenvalue weighted by Crippen LogP contribution is 2.30. The molecule has 0 atom stereocenters. The van der Waals surface area contributed by atoms with E-state index in [0.717, 1.165) is 4.90 Å². The lowest BCUT2D eigenvalue weighted by Crippen LogP contribution is -2.32. The fraction of sp³-hybridized carbons (Fsp3) is 0.0741. The Balaban J connectivity index is 1.48. The lowest BCUT2D eigenvalue weighted by atomic mass is 10.1. The minimum Gasteiger partial charge on any atom is -0.465 e. The van der Waals surface area contributed by atoms with Crippen LogP contribution >= 0.6 is 11.6 Å². The van der Waals surface area contributed by atoms with Gasteiger partial charge in [0.25, 0.3) is 17.7 Å². The molecule has 0 radical (unpaired) electrons. The van der Waals surface area contributed by atoms with Gasteiger partial charge in [-0.05, 0) is 66.7 Å². The van der Waals surface area contributed by atoms with Crippen molar-refractivity contribution in [2.45, 2.75) is 0 Å². The van der Waals surface area contributed by atoms with E-state index in [9.17, 15) is 24.0 Å². The van der Waals surface area contributed by atoms with E-state index in [-0.39, 0.29) is 27.5 Å². The Morgan fingerprint density at radius 2 is 1.32 bits per heavy atom. The molecule has 1 heterocycles. The minimum absolute atomic E-state index is 0.162. The van der Waals surface area contributed by atoms with Crippen LogP contribution in [0.25, 0.3) is 0 Å². The van der Waals surface area contributed by atoms with Gasteiger partial charge in [0.05, 0.1) is 31.0 Å². The number of esters is 2. The highest BCUT2D eigenvalue weighted by Gasteiger charge is 2.39. The number of benzene rings is 3. The molecular weight excluding hydrogens is 514 g/mol. The summed E-state index contributed by atoms with van der Waals surface area (Å²) in [5.74, 6) is -2.94. The van der Waals surface area contributed by atoms with Gasteiger partial charge < -0.3 is 20.1 Å². The molecule has 192 valence electrons. The van der Waals surface area contributed by atoms with Crippen molar-refractivity contribution in [3.05, 3.63) is 100 Å². The summed E-state index contributed by atoms with van der Waals surface area (Å²) >= 11 is 6.20. The van der Waals surface area contributed by atoms with Gasteiger partial charge in [0, 0.05) is 16.9 Å². The van der Waals surface area contributed by atoms with E-state index in [1.54, 1.807) is 30.3 Å². The Kier molecular flexibility index (Phi) is 7.54. The lowest BCUT2D eigenvalue weighted by Gasteiger charge is -2.15. The number of hydrogen-bond donors (Lipinski definition) is 2. The summed E-state index contributed by atoms with van der Waals surface area (Å²) in [7, 11) is 2.52. The SMILES string of the molecule is COC(=O)c1ccc(NC(=O)c2cccc(NC3=C(Cl)C(=O)N(c4ccc(C(=O)OC)cc4)C3=O)c2)cc1. The molecule has 38 heavy (non-hydrogen) atoms. The molecule has 0 fully saturated rings. The highest BCUT2D eigenvalue weighted by atomic mass is 35.5. The molecule has 1 aliphatic heterocycles. The monoisotopic (exact) mass is 533 g/mol. The van der Waals surface area contributed by atoms with Crippen LogP contribution in [-0.4, -0.2) is 43.9 Å². The maximum absolute atomic E-state index is 13.1. The van der Waals surface area contributed by atoms with Gasteiger partial charge in [-0.3, -0.25) is 14.4 Å². The van der Waals surface area contributed by atoms with E-state index in [1.165, 1.54) is 56.7 Å². The van der Waals surface area contributed by atoms with E-state index in [1.807, 2.05) is 0 Å². The number of amides is 3. The second-order valence-electron chi connectivity index (χ2n) is 7.90. The number of hydrogen-bond acceptors (Lipinski definition) is 8. The summed E-state index contributed by atoms with van der Waals surface area (Å²) in [6.45, 7) is 0. The van der Waals surface area contributed by atoms with Crippen molar-refractivity contribution < 1.29 is 33.4 Å². The van der Waals surface area contributed by atoms with Crippen LogP contribution in [0.5, 0.6) is 0 Å². The predicted octanol–water partition coefficient (Wildman–Crippen LogP) is 3.95. The van der Waals surface area contributed by atoms with E-state index in [4.69, 9.17) is 11.6 Å². The number of nitrogens with one attached hydrogen (secondary N) is 2. The molecule has 3 aromatic rings. The third kappa shape index (κ3) is 5.25. The minimum atomic E-state index is -0.741. The molecule has 0 saturated heterocycles. The molecule has 0 bridgehead atoms. The Hall–Kier alpha value is -4.96. The molecule has 11 heteroatoms. The molecule has 10 nitrogen and oxygen atoms in total. The van der Waals surface area contributed by atoms with Gasteiger partial charge >= 0.3 is 11.9 Å².